The Kier molecular flexibility index (Phi) is 10.2. The molecule has 1 saturated carbocycles. The van der Waals surface area contributed by atoms with Crippen LogP contribution in [-0.2, 0) is 11.2 Å². The zero-order valence-electron chi connectivity index (χ0n) is 18.5. The zero-order chi connectivity index (χ0) is 20.6. The van der Waals surface area contributed by atoms with Gasteiger partial charge in [0.05, 0.1) is 6.10 Å². The number of rotatable bonds is 7. The second-order valence-corrected chi connectivity index (χ2v) is 8.49. The maximum atomic E-state index is 12.1. The minimum absolute atomic E-state index is 0. The average molecular weight is 528 g/mol. The van der Waals surface area contributed by atoms with Crippen molar-refractivity contribution in [1.29, 1.82) is 0 Å². The number of hydrogen-bond donors (Lipinski definition) is 2. The summed E-state index contributed by atoms with van der Waals surface area (Å²) in [4.78, 5) is 18.4. The van der Waals surface area contributed by atoms with E-state index in [1.807, 2.05) is 18.7 Å². The second kappa shape index (κ2) is 12.4. The molecule has 2 fully saturated rings. The molecule has 1 unspecified atom stereocenters. The van der Waals surface area contributed by atoms with Crippen LogP contribution in [-0.4, -0.2) is 55.6 Å². The fourth-order valence-electron chi connectivity index (χ4n) is 4.09. The number of carbonyl (C=O) groups is 1. The van der Waals surface area contributed by atoms with Gasteiger partial charge in [0.2, 0.25) is 5.91 Å². The van der Waals surface area contributed by atoms with E-state index in [1.165, 1.54) is 31.2 Å². The largest absolute Gasteiger partial charge is 0.490 e. The Morgan fingerprint density at radius 1 is 1.20 bits per heavy atom. The van der Waals surface area contributed by atoms with Crippen molar-refractivity contribution in [2.75, 3.05) is 26.7 Å². The number of halogens is 1. The number of ether oxygens (including phenoxy) is 1. The average Bonchev–Trinajstić information content (AvgIpc) is 3.40. The molecule has 6 nitrogen and oxygen atoms in total. The van der Waals surface area contributed by atoms with Gasteiger partial charge in [-0.05, 0) is 56.2 Å². The molecule has 1 aliphatic carbocycles. The summed E-state index contributed by atoms with van der Waals surface area (Å²) in [6, 6.07) is 8.72. The molecular weight excluding hydrogens is 491 g/mol. The molecule has 2 aliphatic rings. The number of nitrogens with zero attached hydrogens (tertiary/aromatic N) is 2. The van der Waals surface area contributed by atoms with Gasteiger partial charge in [0.25, 0.3) is 0 Å². The van der Waals surface area contributed by atoms with E-state index in [1.54, 1.807) is 7.05 Å². The highest BCUT2D eigenvalue weighted by atomic mass is 127. The van der Waals surface area contributed by atoms with E-state index in [0.29, 0.717) is 6.10 Å². The Morgan fingerprint density at radius 2 is 1.90 bits per heavy atom. The summed E-state index contributed by atoms with van der Waals surface area (Å²) in [6.45, 7) is 6.29. The van der Waals surface area contributed by atoms with Gasteiger partial charge in [-0.3, -0.25) is 9.79 Å². The highest BCUT2D eigenvalue weighted by Crippen LogP contribution is 2.24. The molecule has 2 N–H and O–H groups in total. The SMILES string of the molecule is CN=C(NCCc1ccc(OC2CCCC2)cc1)NC1CCN(C(=O)C(C)C)C1.I. The van der Waals surface area contributed by atoms with Crippen molar-refractivity contribution in [2.24, 2.45) is 10.9 Å². The topological polar surface area (TPSA) is 66.0 Å². The predicted molar refractivity (Wildman–Crippen MR) is 133 cm³/mol. The number of aliphatic imine (C=N–C) groups is 1. The van der Waals surface area contributed by atoms with E-state index in [-0.39, 0.29) is 41.8 Å². The van der Waals surface area contributed by atoms with Crippen molar-refractivity contribution < 1.29 is 9.53 Å². The molecule has 0 radical (unpaired) electrons. The molecule has 3 rings (SSSR count). The third kappa shape index (κ3) is 7.32. The van der Waals surface area contributed by atoms with Gasteiger partial charge in [0.15, 0.2) is 5.96 Å². The third-order valence-corrected chi connectivity index (χ3v) is 5.79. The third-order valence-electron chi connectivity index (χ3n) is 5.79. The van der Waals surface area contributed by atoms with Crippen molar-refractivity contribution in [1.82, 2.24) is 15.5 Å². The van der Waals surface area contributed by atoms with Gasteiger partial charge in [-0.15, -0.1) is 24.0 Å². The first-order chi connectivity index (χ1) is 14.0. The first kappa shape index (κ1) is 24.8. The molecule has 168 valence electrons. The summed E-state index contributed by atoms with van der Waals surface area (Å²) in [5, 5.41) is 6.84. The molecular formula is C23H37IN4O2. The highest BCUT2D eigenvalue weighted by Gasteiger charge is 2.27. The van der Waals surface area contributed by atoms with Gasteiger partial charge in [0, 0.05) is 38.6 Å². The summed E-state index contributed by atoms with van der Waals surface area (Å²) in [6.07, 6.45) is 7.23. The molecule has 7 heteroatoms. The second-order valence-electron chi connectivity index (χ2n) is 8.49. The van der Waals surface area contributed by atoms with Gasteiger partial charge < -0.3 is 20.3 Å². The van der Waals surface area contributed by atoms with Crippen molar-refractivity contribution in [3.63, 3.8) is 0 Å². The number of likely N-dealkylation sites (tertiary alicyclic amines) is 1. The van der Waals surface area contributed by atoms with Crippen LogP contribution >= 0.6 is 24.0 Å². The lowest BCUT2D eigenvalue weighted by Crippen LogP contribution is -2.45. The molecule has 1 aliphatic heterocycles. The van der Waals surface area contributed by atoms with Crippen LogP contribution < -0.4 is 15.4 Å². The van der Waals surface area contributed by atoms with E-state index < -0.39 is 0 Å². The van der Waals surface area contributed by atoms with Crippen LogP contribution in [0.4, 0.5) is 0 Å². The van der Waals surface area contributed by atoms with Gasteiger partial charge in [-0.2, -0.15) is 0 Å². The summed E-state index contributed by atoms with van der Waals surface area (Å²) in [5.41, 5.74) is 1.28. The van der Waals surface area contributed by atoms with Crippen LogP contribution in [0.2, 0.25) is 0 Å². The van der Waals surface area contributed by atoms with Crippen molar-refractivity contribution >= 4 is 35.8 Å². The quantitative estimate of drug-likeness (QED) is 0.323. The van der Waals surface area contributed by atoms with E-state index in [4.69, 9.17) is 4.74 Å². The Bertz CT molecular complexity index is 687. The van der Waals surface area contributed by atoms with Crippen LogP contribution in [0.25, 0.3) is 0 Å². The molecule has 1 amide bonds. The molecule has 1 saturated heterocycles. The van der Waals surface area contributed by atoms with Gasteiger partial charge >= 0.3 is 0 Å². The van der Waals surface area contributed by atoms with Crippen molar-refractivity contribution in [3.05, 3.63) is 29.8 Å². The lowest BCUT2D eigenvalue weighted by atomic mass is 10.1. The Labute approximate surface area is 198 Å². The van der Waals surface area contributed by atoms with Crippen molar-refractivity contribution in [2.45, 2.75) is 64.5 Å². The van der Waals surface area contributed by atoms with E-state index in [9.17, 15) is 4.79 Å². The Morgan fingerprint density at radius 3 is 2.53 bits per heavy atom. The van der Waals surface area contributed by atoms with E-state index in [0.717, 1.165) is 44.2 Å². The summed E-state index contributed by atoms with van der Waals surface area (Å²) >= 11 is 0. The normalized spacial score (nSPS) is 19.7. The summed E-state index contributed by atoms with van der Waals surface area (Å²) in [7, 11) is 1.79. The molecule has 0 spiro atoms. The number of hydrogen-bond acceptors (Lipinski definition) is 3. The monoisotopic (exact) mass is 528 g/mol. The van der Waals surface area contributed by atoms with Gasteiger partial charge in [-0.25, -0.2) is 0 Å². The van der Waals surface area contributed by atoms with Crippen LogP contribution in [0.5, 0.6) is 5.75 Å². The number of amides is 1. The van der Waals surface area contributed by atoms with Crippen LogP contribution in [0.1, 0.15) is 51.5 Å². The maximum absolute atomic E-state index is 12.1. The maximum Gasteiger partial charge on any atom is 0.225 e. The first-order valence-corrected chi connectivity index (χ1v) is 11.1. The fraction of sp³-hybridized carbons (Fsp3) is 0.652. The first-order valence-electron chi connectivity index (χ1n) is 11.1. The summed E-state index contributed by atoms with van der Waals surface area (Å²) < 4.78 is 6.03. The number of nitrogens with one attached hydrogen (secondary N) is 2. The number of guanidine groups is 1. The van der Waals surface area contributed by atoms with Crippen LogP contribution in [0.3, 0.4) is 0 Å². The number of carbonyl (C=O) groups excluding carboxylic acids is 1. The van der Waals surface area contributed by atoms with Gasteiger partial charge in [0.1, 0.15) is 5.75 Å². The lowest BCUT2D eigenvalue weighted by molar-refractivity contribution is -0.133. The fourth-order valence-corrected chi connectivity index (χ4v) is 4.09. The lowest BCUT2D eigenvalue weighted by Gasteiger charge is -2.20. The van der Waals surface area contributed by atoms with Crippen molar-refractivity contribution in [3.8, 4) is 5.75 Å². The van der Waals surface area contributed by atoms with Crippen LogP contribution in [0, 0.1) is 5.92 Å². The Hall–Kier alpha value is -1.51. The molecule has 1 heterocycles. The highest BCUT2D eigenvalue weighted by molar-refractivity contribution is 14.0. The molecule has 0 bridgehead atoms. The van der Waals surface area contributed by atoms with Crippen LogP contribution in [0.15, 0.2) is 29.3 Å². The van der Waals surface area contributed by atoms with E-state index in [2.05, 4.69) is 39.9 Å². The summed E-state index contributed by atoms with van der Waals surface area (Å²) in [5.74, 6) is 2.07. The van der Waals surface area contributed by atoms with E-state index >= 15 is 0 Å². The minimum atomic E-state index is 0. The zero-order valence-corrected chi connectivity index (χ0v) is 20.9. The molecule has 1 atom stereocenters. The van der Waals surface area contributed by atoms with Gasteiger partial charge in [-0.1, -0.05) is 26.0 Å². The molecule has 1 aromatic carbocycles. The smallest absolute Gasteiger partial charge is 0.225 e. The molecule has 30 heavy (non-hydrogen) atoms. The molecule has 0 aromatic heterocycles. The standard InChI is InChI=1S/C23H36N4O2.HI/c1-17(2)22(28)27-15-13-19(16-27)26-23(24-3)25-14-12-18-8-10-21(11-9-18)29-20-6-4-5-7-20;/h8-11,17,19-20H,4-7,12-16H2,1-3H3,(H2,24,25,26);1H. The molecule has 1 aromatic rings. The minimum Gasteiger partial charge on any atom is -0.490 e. The number of benzene rings is 1. The Balaban J connectivity index is 0.00000320. The predicted octanol–water partition coefficient (Wildman–Crippen LogP) is 3.59.